The van der Waals surface area contributed by atoms with Gasteiger partial charge in [0.15, 0.2) is 5.60 Å². The topological polar surface area (TPSA) is 75.5 Å². The number of H-pyrrole nitrogens is 1. The van der Waals surface area contributed by atoms with Crippen molar-refractivity contribution in [3.8, 4) is 0 Å². The largest absolute Gasteiger partial charge is 1.00 e. The van der Waals surface area contributed by atoms with E-state index in [1.54, 1.807) is 48.5 Å². The monoisotopic (exact) mass is 561 g/mol. The molecule has 1 aromatic heterocycles. The lowest BCUT2D eigenvalue weighted by molar-refractivity contribution is -0.327. The average molecular weight is 564 g/mol. The summed E-state index contributed by atoms with van der Waals surface area (Å²) >= 11 is 6.78. The van der Waals surface area contributed by atoms with Gasteiger partial charge in [-0.25, -0.2) is 4.98 Å². The minimum absolute atomic E-state index is 0. The molecule has 4 N–H and O–H groups in total. The highest BCUT2D eigenvalue weighted by atomic mass is 79.9. The third kappa shape index (κ3) is 4.91. The van der Waals surface area contributed by atoms with Crippen molar-refractivity contribution < 1.29 is 27.3 Å². The number of carbonyl (C=O) groups is 1. The molecule has 0 bridgehead atoms. The number of aromatic nitrogens is 1. The van der Waals surface area contributed by atoms with E-state index in [0.29, 0.717) is 16.9 Å². The molecule has 5 nitrogen and oxygen atoms in total. The molecule has 0 aliphatic rings. The van der Waals surface area contributed by atoms with Crippen molar-refractivity contribution in [2.45, 2.75) is 5.60 Å². The molecule has 0 radical (unpaired) electrons. The molecule has 1 heterocycles. The standard InChI is InChI=1S/C23H17Br2N3O2.ClH/c24-18-10-6-16(7-11-18)23(30,17-8-12-19(25)13-9-17)22(29)28-27-21-14-5-15-3-1-2-4-20(15)26-21;/h1-14,30H,(H,26,27)(H,28,29);1H. The van der Waals surface area contributed by atoms with E-state index in [2.05, 4.69) is 47.7 Å². The van der Waals surface area contributed by atoms with E-state index in [4.69, 9.17) is 0 Å². The molecule has 158 valence electrons. The molecular weight excluding hydrogens is 546 g/mol. The summed E-state index contributed by atoms with van der Waals surface area (Å²) in [4.78, 5) is 16.4. The fourth-order valence-corrected chi connectivity index (χ4v) is 3.74. The first kappa shape index (κ1) is 23.2. The maximum Gasteiger partial charge on any atom is 0.296 e. The van der Waals surface area contributed by atoms with Crippen LogP contribution in [0.15, 0.2) is 93.9 Å². The van der Waals surface area contributed by atoms with Gasteiger partial charge in [-0.1, -0.05) is 74.3 Å². The molecule has 4 aromatic rings. The number of nitrogens with one attached hydrogen (secondary N) is 3. The van der Waals surface area contributed by atoms with Gasteiger partial charge in [0.2, 0.25) is 0 Å². The molecule has 0 atom stereocenters. The van der Waals surface area contributed by atoms with Gasteiger partial charge in [-0.3, -0.25) is 4.79 Å². The predicted molar refractivity (Wildman–Crippen MR) is 124 cm³/mol. The number of carbonyl (C=O) groups excluding carboxylic acids is 1. The summed E-state index contributed by atoms with van der Waals surface area (Å²) in [5, 5.41) is 12.6. The highest BCUT2D eigenvalue weighted by Gasteiger charge is 2.41. The van der Waals surface area contributed by atoms with Crippen LogP contribution in [-0.4, -0.2) is 11.0 Å². The van der Waals surface area contributed by atoms with E-state index >= 15 is 0 Å². The van der Waals surface area contributed by atoms with Crippen LogP contribution in [0.5, 0.6) is 0 Å². The summed E-state index contributed by atoms with van der Waals surface area (Å²) in [6.07, 6.45) is 0. The Kier molecular flexibility index (Phi) is 7.33. The molecule has 0 saturated carbocycles. The van der Waals surface area contributed by atoms with E-state index in [9.17, 15) is 9.90 Å². The Morgan fingerprint density at radius 2 is 1.35 bits per heavy atom. The second kappa shape index (κ2) is 9.78. The zero-order valence-corrected chi connectivity index (χ0v) is 20.0. The van der Waals surface area contributed by atoms with Crippen LogP contribution < -0.4 is 28.2 Å². The normalized spacial score (nSPS) is 10.9. The number of hydrazine groups is 1. The Hall–Kier alpha value is -2.45. The van der Waals surface area contributed by atoms with Gasteiger partial charge < -0.3 is 17.5 Å². The Bertz CT molecular complexity index is 1160. The van der Waals surface area contributed by atoms with Gasteiger partial charge in [0.1, 0.15) is 5.52 Å². The van der Waals surface area contributed by atoms with Crippen LogP contribution >= 0.6 is 31.9 Å². The van der Waals surface area contributed by atoms with Crippen molar-refractivity contribution in [3.63, 3.8) is 0 Å². The van der Waals surface area contributed by atoms with Gasteiger partial charge in [-0.2, -0.15) is 10.9 Å². The number of para-hydroxylation sites is 1. The number of anilines is 1. The molecule has 0 spiro atoms. The highest BCUT2D eigenvalue weighted by molar-refractivity contribution is 9.10. The van der Waals surface area contributed by atoms with Crippen LogP contribution in [0.4, 0.5) is 5.82 Å². The summed E-state index contributed by atoms with van der Waals surface area (Å²) in [6.45, 7) is 0. The molecule has 1 amide bonds. The van der Waals surface area contributed by atoms with Gasteiger partial charge in [0.25, 0.3) is 11.7 Å². The van der Waals surface area contributed by atoms with E-state index in [-0.39, 0.29) is 12.4 Å². The van der Waals surface area contributed by atoms with Crippen LogP contribution in [0.2, 0.25) is 0 Å². The summed E-state index contributed by atoms with van der Waals surface area (Å²) in [6, 6.07) is 25.6. The molecule has 31 heavy (non-hydrogen) atoms. The molecule has 0 unspecified atom stereocenters. The molecule has 0 fully saturated rings. The third-order valence-corrected chi connectivity index (χ3v) is 5.88. The van der Waals surface area contributed by atoms with Gasteiger partial charge >= 0.3 is 0 Å². The van der Waals surface area contributed by atoms with Gasteiger partial charge in [-0.15, -0.1) is 0 Å². The summed E-state index contributed by atoms with van der Waals surface area (Å²) in [5.41, 5.74) is 5.46. The van der Waals surface area contributed by atoms with E-state index in [0.717, 1.165) is 19.8 Å². The Labute approximate surface area is 202 Å². The highest BCUT2D eigenvalue weighted by Crippen LogP contribution is 2.32. The first-order chi connectivity index (χ1) is 14.5. The third-order valence-electron chi connectivity index (χ3n) is 4.82. The summed E-state index contributed by atoms with van der Waals surface area (Å²) in [7, 11) is 0. The Morgan fingerprint density at radius 1 is 0.806 bits per heavy atom. The minimum Gasteiger partial charge on any atom is -1.00 e. The smallest absolute Gasteiger partial charge is 0.296 e. The number of hydrogen-bond acceptors (Lipinski definition) is 3. The SMILES string of the molecule is O=C(NNc1ccc2ccccc2[nH+]1)C(O)(c1ccc(Br)cc1)c1ccc(Br)cc1.[Cl-]. The average Bonchev–Trinajstić information content (AvgIpc) is 2.77. The maximum atomic E-state index is 13.2. The predicted octanol–water partition coefficient (Wildman–Crippen LogP) is 1.56. The molecule has 3 aromatic carbocycles. The van der Waals surface area contributed by atoms with Crippen molar-refractivity contribution in [2.75, 3.05) is 5.43 Å². The first-order valence-corrected chi connectivity index (χ1v) is 10.8. The number of pyridine rings is 1. The number of aliphatic hydroxyl groups is 1. The van der Waals surface area contributed by atoms with Crippen molar-refractivity contribution in [2.24, 2.45) is 0 Å². The van der Waals surface area contributed by atoms with Crippen LogP contribution in [-0.2, 0) is 10.4 Å². The molecule has 4 rings (SSSR count). The lowest BCUT2D eigenvalue weighted by Gasteiger charge is -2.27. The molecule has 8 heteroatoms. The molecular formula is C23H18Br2ClN3O2. The Morgan fingerprint density at radius 3 is 1.94 bits per heavy atom. The number of rotatable bonds is 5. The number of hydrogen-bond donors (Lipinski definition) is 3. The van der Waals surface area contributed by atoms with Crippen LogP contribution in [0.25, 0.3) is 10.9 Å². The zero-order valence-electron chi connectivity index (χ0n) is 16.1. The maximum absolute atomic E-state index is 13.2. The molecule has 0 aliphatic carbocycles. The quantitative estimate of drug-likeness (QED) is 0.323. The second-order valence-corrected chi connectivity index (χ2v) is 8.59. The lowest BCUT2D eigenvalue weighted by atomic mass is 9.85. The van der Waals surface area contributed by atoms with Crippen LogP contribution in [0, 0.1) is 0 Å². The number of aromatic amines is 1. The van der Waals surface area contributed by atoms with E-state index in [1.165, 1.54) is 0 Å². The zero-order chi connectivity index (χ0) is 21.1. The van der Waals surface area contributed by atoms with Gasteiger partial charge in [-0.05, 0) is 47.5 Å². The van der Waals surface area contributed by atoms with E-state index < -0.39 is 11.5 Å². The fourth-order valence-electron chi connectivity index (χ4n) is 3.21. The fraction of sp³-hybridized carbons (Fsp3) is 0.0435. The second-order valence-electron chi connectivity index (χ2n) is 6.76. The van der Waals surface area contributed by atoms with Crippen molar-refractivity contribution >= 4 is 54.5 Å². The first-order valence-electron chi connectivity index (χ1n) is 9.19. The van der Waals surface area contributed by atoms with Crippen molar-refractivity contribution in [1.82, 2.24) is 5.43 Å². The number of fused-ring (bicyclic) bond motifs is 1. The van der Waals surface area contributed by atoms with Crippen molar-refractivity contribution in [1.29, 1.82) is 0 Å². The Balaban J connectivity index is 0.00000272. The molecule has 0 aliphatic heterocycles. The summed E-state index contributed by atoms with van der Waals surface area (Å²) < 4.78 is 1.71. The van der Waals surface area contributed by atoms with E-state index in [1.807, 2.05) is 36.4 Å². The number of benzene rings is 3. The number of amides is 1. The van der Waals surface area contributed by atoms with Gasteiger partial charge in [0.05, 0.1) is 0 Å². The number of halogens is 3. The minimum atomic E-state index is -1.88. The van der Waals surface area contributed by atoms with Crippen molar-refractivity contribution in [3.05, 3.63) is 105 Å². The lowest BCUT2D eigenvalue weighted by Crippen LogP contribution is -3.00. The van der Waals surface area contributed by atoms with Crippen LogP contribution in [0.1, 0.15) is 11.1 Å². The molecule has 0 saturated heterocycles. The van der Waals surface area contributed by atoms with Crippen LogP contribution in [0.3, 0.4) is 0 Å². The van der Waals surface area contributed by atoms with Gasteiger partial charge in [0, 0.05) is 20.4 Å². The summed E-state index contributed by atoms with van der Waals surface area (Å²) in [5.74, 6) is -0.00952.